The first-order chi connectivity index (χ1) is 9.19. The van der Waals surface area contributed by atoms with Crippen molar-refractivity contribution in [2.45, 2.75) is 13.2 Å². The molecule has 0 saturated carbocycles. The zero-order valence-electron chi connectivity index (χ0n) is 10.7. The Bertz CT molecular complexity index is 540. The van der Waals surface area contributed by atoms with Gasteiger partial charge in [-0.3, -0.25) is 0 Å². The minimum atomic E-state index is -0.625. The summed E-state index contributed by atoms with van der Waals surface area (Å²) >= 11 is 0. The molecule has 0 bridgehead atoms. The van der Waals surface area contributed by atoms with Gasteiger partial charge < -0.3 is 15.2 Å². The monoisotopic (exact) mass is 261 g/mol. The van der Waals surface area contributed by atoms with Gasteiger partial charge in [0.2, 0.25) is 0 Å². The first-order valence-corrected chi connectivity index (χ1v) is 5.98. The van der Waals surface area contributed by atoms with Crippen LogP contribution in [-0.2, 0) is 17.9 Å². The van der Waals surface area contributed by atoms with Gasteiger partial charge >= 0.3 is 0 Å². The Morgan fingerprint density at radius 2 is 1.79 bits per heavy atom. The fourth-order valence-corrected chi connectivity index (χ4v) is 1.74. The van der Waals surface area contributed by atoms with Crippen molar-refractivity contribution in [3.05, 3.63) is 59.4 Å². The summed E-state index contributed by atoms with van der Waals surface area (Å²) in [6.45, 7) is 1.19. The fraction of sp³-hybridized carbons (Fsp3) is 0.200. The van der Waals surface area contributed by atoms with Crippen molar-refractivity contribution >= 4 is 5.69 Å². The van der Waals surface area contributed by atoms with Gasteiger partial charge in [0.05, 0.1) is 6.61 Å². The molecule has 19 heavy (non-hydrogen) atoms. The third-order valence-electron chi connectivity index (χ3n) is 2.78. The largest absolute Gasteiger partial charge is 0.505 e. The molecule has 0 amide bonds. The van der Waals surface area contributed by atoms with E-state index in [-0.39, 0.29) is 5.75 Å². The Morgan fingerprint density at radius 1 is 1.11 bits per heavy atom. The zero-order chi connectivity index (χ0) is 13.7. The van der Waals surface area contributed by atoms with Gasteiger partial charge in [-0.25, -0.2) is 4.39 Å². The summed E-state index contributed by atoms with van der Waals surface area (Å²) in [7, 11) is 1.66. The normalized spacial score (nSPS) is 10.4. The number of anilines is 1. The smallest absolute Gasteiger partial charge is 0.166 e. The van der Waals surface area contributed by atoms with E-state index in [0.717, 1.165) is 11.1 Å². The maximum atomic E-state index is 13.1. The van der Waals surface area contributed by atoms with Crippen LogP contribution in [0.5, 0.6) is 5.75 Å². The van der Waals surface area contributed by atoms with E-state index in [1.165, 1.54) is 12.1 Å². The van der Waals surface area contributed by atoms with Crippen LogP contribution in [0, 0.1) is 5.82 Å². The Morgan fingerprint density at radius 3 is 2.42 bits per heavy atom. The lowest BCUT2D eigenvalue weighted by Crippen LogP contribution is -2.00. The predicted molar refractivity (Wildman–Crippen MR) is 72.5 cm³/mol. The molecule has 0 unspecified atom stereocenters. The van der Waals surface area contributed by atoms with E-state index in [2.05, 4.69) is 5.32 Å². The second-order valence-electron chi connectivity index (χ2n) is 4.27. The van der Waals surface area contributed by atoms with Crippen molar-refractivity contribution < 1.29 is 14.2 Å². The number of phenolic OH excluding ortho intramolecular Hbond substituents is 1. The van der Waals surface area contributed by atoms with Crippen molar-refractivity contribution in [3.8, 4) is 5.75 Å². The number of hydrogen-bond donors (Lipinski definition) is 2. The summed E-state index contributed by atoms with van der Waals surface area (Å²) in [5.74, 6) is -0.963. The van der Waals surface area contributed by atoms with E-state index in [4.69, 9.17) is 9.84 Å². The lowest BCUT2D eigenvalue weighted by molar-refractivity contribution is 0.185. The third-order valence-corrected chi connectivity index (χ3v) is 2.78. The number of phenols is 1. The fourth-order valence-electron chi connectivity index (χ4n) is 1.74. The summed E-state index contributed by atoms with van der Waals surface area (Å²) < 4.78 is 18.2. The van der Waals surface area contributed by atoms with Crippen LogP contribution in [0.4, 0.5) is 10.1 Å². The van der Waals surface area contributed by atoms with Crippen molar-refractivity contribution in [1.29, 1.82) is 0 Å². The molecule has 0 aliphatic rings. The Labute approximate surface area is 111 Å². The predicted octanol–water partition coefficient (Wildman–Crippen LogP) is 3.29. The first kappa shape index (κ1) is 13.4. The van der Waals surface area contributed by atoms with Crippen LogP contribution >= 0.6 is 0 Å². The van der Waals surface area contributed by atoms with Gasteiger partial charge in [-0.05, 0) is 23.3 Å². The Kier molecular flexibility index (Phi) is 4.36. The second kappa shape index (κ2) is 6.20. The average Bonchev–Trinajstić information content (AvgIpc) is 2.42. The minimum absolute atomic E-state index is 0.338. The summed E-state index contributed by atoms with van der Waals surface area (Å²) in [4.78, 5) is 0. The molecule has 0 heterocycles. The van der Waals surface area contributed by atoms with Crippen LogP contribution in [0.3, 0.4) is 0 Å². The van der Waals surface area contributed by atoms with E-state index < -0.39 is 5.82 Å². The van der Waals surface area contributed by atoms with Crippen LogP contribution in [0.2, 0.25) is 0 Å². The maximum absolute atomic E-state index is 13.1. The van der Waals surface area contributed by atoms with E-state index in [1.54, 1.807) is 13.2 Å². The zero-order valence-corrected chi connectivity index (χ0v) is 10.7. The van der Waals surface area contributed by atoms with E-state index in [9.17, 15) is 4.39 Å². The summed E-state index contributed by atoms with van der Waals surface area (Å²) in [5, 5.41) is 12.2. The Hall–Kier alpha value is -2.07. The molecule has 2 N–H and O–H groups in total. The minimum Gasteiger partial charge on any atom is -0.505 e. The molecule has 100 valence electrons. The van der Waals surface area contributed by atoms with E-state index in [0.29, 0.717) is 18.8 Å². The molecule has 0 spiro atoms. The van der Waals surface area contributed by atoms with Gasteiger partial charge in [0.25, 0.3) is 0 Å². The highest BCUT2D eigenvalue weighted by Crippen LogP contribution is 2.19. The van der Waals surface area contributed by atoms with Crippen molar-refractivity contribution in [2.24, 2.45) is 0 Å². The van der Waals surface area contributed by atoms with Crippen molar-refractivity contribution in [1.82, 2.24) is 0 Å². The molecule has 2 aromatic rings. The van der Waals surface area contributed by atoms with Gasteiger partial charge in [-0.1, -0.05) is 24.3 Å². The molecule has 0 atom stereocenters. The SMILES string of the molecule is COCc1ccc(CNc2ccc(O)c(F)c2)cc1. The molecule has 2 aromatic carbocycles. The lowest BCUT2D eigenvalue weighted by atomic mass is 10.1. The standard InChI is InChI=1S/C15H16FNO2/c1-19-10-12-4-2-11(3-5-12)9-17-13-6-7-15(18)14(16)8-13/h2-8,17-18H,9-10H2,1H3. The molecule has 0 fully saturated rings. The molecule has 0 aliphatic carbocycles. The maximum Gasteiger partial charge on any atom is 0.166 e. The van der Waals surface area contributed by atoms with E-state index >= 15 is 0 Å². The number of hydrogen-bond acceptors (Lipinski definition) is 3. The summed E-state index contributed by atoms with van der Waals surface area (Å²) in [5.41, 5.74) is 2.84. The van der Waals surface area contributed by atoms with Gasteiger partial charge in [0, 0.05) is 25.4 Å². The molecular formula is C15H16FNO2. The van der Waals surface area contributed by atoms with Crippen LogP contribution in [0.15, 0.2) is 42.5 Å². The highest BCUT2D eigenvalue weighted by Gasteiger charge is 2.01. The summed E-state index contributed by atoms with van der Waals surface area (Å²) in [6.07, 6.45) is 0. The van der Waals surface area contributed by atoms with Gasteiger partial charge in [-0.15, -0.1) is 0 Å². The van der Waals surface area contributed by atoms with Crippen LogP contribution in [-0.4, -0.2) is 12.2 Å². The van der Waals surface area contributed by atoms with Crippen LogP contribution in [0.1, 0.15) is 11.1 Å². The molecule has 0 aromatic heterocycles. The highest BCUT2D eigenvalue weighted by molar-refractivity contribution is 5.47. The molecule has 0 radical (unpaired) electrons. The number of aromatic hydroxyl groups is 1. The number of nitrogens with one attached hydrogen (secondary N) is 1. The van der Waals surface area contributed by atoms with Gasteiger partial charge in [0.1, 0.15) is 0 Å². The molecule has 0 aliphatic heterocycles. The van der Waals surface area contributed by atoms with Crippen molar-refractivity contribution in [3.63, 3.8) is 0 Å². The molecule has 3 nitrogen and oxygen atoms in total. The van der Waals surface area contributed by atoms with Gasteiger partial charge in [-0.2, -0.15) is 0 Å². The van der Waals surface area contributed by atoms with Crippen molar-refractivity contribution in [2.75, 3.05) is 12.4 Å². The van der Waals surface area contributed by atoms with Gasteiger partial charge in [0.15, 0.2) is 11.6 Å². The molecular weight excluding hydrogens is 245 g/mol. The molecule has 4 heteroatoms. The first-order valence-electron chi connectivity index (χ1n) is 5.98. The Balaban J connectivity index is 1.96. The van der Waals surface area contributed by atoms with E-state index in [1.807, 2.05) is 24.3 Å². The number of rotatable bonds is 5. The van der Waals surface area contributed by atoms with Crippen LogP contribution in [0.25, 0.3) is 0 Å². The molecule has 0 saturated heterocycles. The number of benzene rings is 2. The second-order valence-corrected chi connectivity index (χ2v) is 4.27. The number of methoxy groups -OCH3 is 1. The number of ether oxygens (including phenoxy) is 1. The quantitative estimate of drug-likeness (QED) is 0.811. The number of halogens is 1. The van der Waals surface area contributed by atoms with Crippen LogP contribution < -0.4 is 5.32 Å². The lowest BCUT2D eigenvalue weighted by Gasteiger charge is -2.08. The molecule has 2 rings (SSSR count). The third kappa shape index (κ3) is 3.69. The average molecular weight is 261 g/mol. The highest BCUT2D eigenvalue weighted by atomic mass is 19.1. The topological polar surface area (TPSA) is 41.5 Å². The summed E-state index contributed by atoms with van der Waals surface area (Å²) in [6, 6.07) is 12.2.